The van der Waals surface area contributed by atoms with Gasteiger partial charge < -0.3 is 9.80 Å². The molecule has 2 heterocycles. The van der Waals surface area contributed by atoms with E-state index in [1.807, 2.05) is 0 Å². The van der Waals surface area contributed by atoms with Gasteiger partial charge in [0.1, 0.15) is 5.82 Å². The van der Waals surface area contributed by atoms with Crippen LogP contribution in [-0.4, -0.2) is 45.8 Å². The second-order valence-corrected chi connectivity index (χ2v) is 7.99. The first-order valence-electron chi connectivity index (χ1n) is 9.03. The zero-order valence-corrected chi connectivity index (χ0v) is 15.6. The van der Waals surface area contributed by atoms with Gasteiger partial charge in [-0.3, -0.25) is 4.79 Å². The molecule has 2 fully saturated rings. The smallest absolute Gasteiger partial charge is 0.226 e. The first-order valence-corrected chi connectivity index (χ1v) is 9.81. The van der Waals surface area contributed by atoms with Crippen LogP contribution < -0.4 is 4.90 Å². The number of benzene rings is 1. The number of piperazine rings is 1. The van der Waals surface area contributed by atoms with Crippen LogP contribution in [0.1, 0.15) is 36.7 Å². The van der Waals surface area contributed by atoms with Crippen LogP contribution in [0.2, 0.25) is 0 Å². The molecule has 1 amide bonds. The average molecular weight is 356 g/mol. The van der Waals surface area contributed by atoms with Crippen LogP contribution in [0, 0.1) is 12.8 Å². The lowest BCUT2D eigenvalue weighted by Gasteiger charge is -2.39. The van der Waals surface area contributed by atoms with E-state index < -0.39 is 0 Å². The molecule has 0 spiro atoms. The number of aromatic nitrogens is 2. The fourth-order valence-corrected chi connectivity index (χ4v) is 4.08. The van der Waals surface area contributed by atoms with E-state index in [-0.39, 0.29) is 6.04 Å². The van der Waals surface area contributed by atoms with E-state index in [0.29, 0.717) is 11.8 Å². The molecule has 0 bridgehead atoms. The summed E-state index contributed by atoms with van der Waals surface area (Å²) in [5, 5.41) is 0.979. The molecule has 4 rings (SSSR count). The van der Waals surface area contributed by atoms with Crippen molar-refractivity contribution in [3.8, 4) is 0 Å². The van der Waals surface area contributed by atoms with Gasteiger partial charge in [0.05, 0.1) is 0 Å². The number of carbonyl (C=O) groups is 1. The van der Waals surface area contributed by atoms with Gasteiger partial charge in [0.25, 0.3) is 0 Å². The molecule has 1 aliphatic heterocycles. The number of anilines is 1. The van der Waals surface area contributed by atoms with Crippen LogP contribution in [0.15, 0.2) is 24.3 Å². The van der Waals surface area contributed by atoms with Gasteiger partial charge in [-0.05, 0) is 32.3 Å². The third-order valence-electron chi connectivity index (χ3n) is 5.05. The maximum absolute atomic E-state index is 12.3. The van der Waals surface area contributed by atoms with Gasteiger partial charge in [-0.15, -0.1) is 0 Å². The molecule has 2 aromatic rings. The maximum Gasteiger partial charge on any atom is 0.226 e. The minimum atomic E-state index is 0.242. The SMILES string of the molecule is Cc1ccc(Cc2nsc(N3CCN(C(=O)C4CC4)C(C)C3)n2)cc1. The first-order chi connectivity index (χ1) is 12.1. The third kappa shape index (κ3) is 3.68. The van der Waals surface area contributed by atoms with Crippen molar-refractivity contribution in [2.24, 2.45) is 5.92 Å². The predicted octanol–water partition coefficient (Wildman–Crippen LogP) is 2.88. The Hall–Kier alpha value is -1.95. The average Bonchev–Trinajstić information content (AvgIpc) is 3.36. The Bertz CT molecular complexity index is 753. The van der Waals surface area contributed by atoms with Gasteiger partial charge >= 0.3 is 0 Å². The van der Waals surface area contributed by atoms with Crippen LogP contribution in [0.3, 0.4) is 0 Å². The number of amides is 1. The number of hydrogen-bond donors (Lipinski definition) is 0. The van der Waals surface area contributed by atoms with E-state index in [0.717, 1.165) is 49.9 Å². The largest absolute Gasteiger partial charge is 0.343 e. The highest BCUT2D eigenvalue weighted by molar-refractivity contribution is 7.09. The molecule has 1 saturated heterocycles. The summed E-state index contributed by atoms with van der Waals surface area (Å²) < 4.78 is 4.53. The van der Waals surface area contributed by atoms with E-state index in [1.165, 1.54) is 22.7 Å². The standard InChI is InChI=1S/C19H24N4OS/c1-13-3-5-15(6-4-13)11-17-20-19(25-21-17)22-9-10-23(14(2)12-22)18(24)16-7-8-16/h3-6,14,16H,7-12H2,1-2H3. The number of rotatable bonds is 4. The zero-order valence-electron chi connectivity index (χ0n) is 14.8. The summed E-state index contributed by atoms with van der Waals surface area (Å²) in [7, 11) is 0. The summed E-state index contributed by atoms with van der Waals surface area (Å²) in [4.78, 5) is 21.4. The van der Waals surface area contributed by atoms with Crippen molar-refractivity contribution in [3.05, 3.63) is 41.2 Å². The summed E-state index contributed by atoms with van der Waals surface area (Å²) in [5.74, 6) is 1.54. The molecule has 1 aliphatic carbocycles. The minimum Gasteiger partial charge on any atom is -0.343 e. The summed E-state index contributed by atoms with van der Waals surface area (Å²) in [5.41, 5.74) is 2.51. The Balaban J connectivity index is 1.39. The molecule has 25 heavy (non-hydrogen) atoms. The third-order valence-corrected chi connectivity index (χ3v) is 5.86. The highest BCUT2D eigenvalue weighted by atomic mass is 32.1. The molecule has 0 radical (unpaired) electrons. The number of hydrogen-bond acceptors (Lipinski definition) is 5. The van der Waals surface area contributed by atoms with E-state index in [2.05, 4.69) is 52.3 Å². The van der Waals surface area contributed by atoms with Gasteiger partial charge in [0.2, 0.25) is 11.0 Å². The van der Waals surface area contributed by atoms with Gasteiger partial charge in [-0.2, -0.15) is 4.37 Å². The van der Waals surface area contributed by atoms with Crippen LogP contribution in [0.4, 0.5) is 5.13 Å². The summed E-state index contributed by atoms with van der Waals surface area (Å²) in [6.07, 6.45) is 2.92. The van der Waals surface area contributed by atoms with Crippen molar-refractivity contribution >= 4 is 22.6 Å². The maximum atomic E-state index is 12.3. The summed E-state index contributed by atoms with van der Waals surface area (Å²) in [6, 6.07) is 8.77. The Morgan fingerprint density at radius 1 is 1.24 bits per heavy atom. The Labute approximate surface area is 152 Å². The van der Waals surface area contributed by atoms with Gasteiger partial charge in [0.15, 0.2) is 0 Å². The molecule has 1 saturated carbocycles. The first kappa shape index (κ1) is 16.5. The molecule has 5 nitrogen and oxygen atoms in total. The molecule has 1 aromatic carbocycles. The monoisotopic (exact) mass is 356 g/mol. The topological polar surface area (TPSA) is 49.3 Å². The fourth-order valence-electron chi connectivity index (χ4n) is 3.36. The molecular weight excluding hydrogens is 332 g/mol. The molecule has 1 aromatic heterocycles. The predicted molar refractivity (Wildman–Crippen MR) is 100 cm³/mol. The second-order valence-electron chi connectivity index (χ2n) is 7.26. The zero-order chi connectivity index (χ0) is 17.4. The number of nitrogens with zero attached hydrogens (tertiary/aromatic N) is 4. The van der Waals surface area contributed by atoms with E-state index >= 15 is 0 Å². The highest BCUT2D eigenvalue weighted by Gasteiger charge is 2.37. The normalized spacial score (nSPS) is 20.8. The number of aryl methyl sites for hydroxylation is 1. The molecule has 1 atom stereocenters. The van der Waals surface area contributed by atoms with Crippen molar-refractivity contribution in [3.63, 3.8) is 0 Å². The molecular formula is C19H24N4OS. The van der Waals surface area contributed by atoms with Gasteiger partial charge in [0, 0.05) is 49.5 Å². The van der Waals surface area contributed by atoms with Crippen LogP contribution in [0.25, 0.3) is 0 Å². The lowest BCUT2D eigenvalue weighted by Crippen LogP contribution is -2.54. The quantitative estimate of drug-likeness (QED) is 0.845. The van der Waals surface area contributed by atoms with E-state index in [9.17, 15) is 4.79 Å². The van der Waals surface area contributed by atoms with Crippen LogP contribution in [-0.2, 0) is 11.2 Å². The van der Waals surface area contributed by atoms with Crippen molar-refractivity contribution in [1.82, 2.24) is 14.3 Å². The van der Waals surface area contributed by atoms with Crippen LogP contribution in [0.5, 0.6) is 0 Å². The van der Waals surface area contributed by atoms with Gasteiger partial charge in [-0.25, -0.2) is 4.98 Å². The van der Waals surface area contributed by atoms with Crippen molar-refractivity contribution in [2.45, 2.75) is 39.2 Å². The molecule has 132 valence electrons. The summed E-state index contributed by atoms with van der Waals surface area (Å²) in [6.45, 7) is 6.72. The number of carbonyl (C=O) groups excluding carboxylic acids is 1. The highest BCUT2D eigenvalue weighted by Crippen LogP contribution is 2.32. The van der Waals surface area contributed by atoms with Crippen molar-refractivity contribution < 1.29 is 4.79 Å². The molecule has 6 heteroatoms. The van der Waals surface area contributed by atoms with Crippen molar-refractivity contribution in [2.75, 3.05) is 24.5 Å². The Morgan fingerprint density at radius 2 is 2.00 bits per heavy atom. The lowest BCUT2D eigenvalue weighted by molar-refractivity contribution is -0.134. The Kier molecular flexibility index (Phi) is 4.46. The molecule has 0 N–H and O–H groups in total. The van der Waals surface area contributed by atoms with Gasteiger partial charge in [-0.1, -0.05) is 29.8 Å². The molecule has 2 aliphatic rings. The van der Waals surface area contributed by atoms with Crippen LogP contribution >= 0.6 is 11.5 Å². The second kappa shape index (κ2) is 6.75. The lowest BCUT2D eigenvalue weighted by atomic mass is 10.1. The Morgan fingerprint density at radius 3 is 2.68 bits per heavy atom. The van der Waals surface area contributed by atoms with E-state index in [4.69, 9.17) is 4.98 Å². The summed E-state index contributed by atoms with van der Waals surface area (Å²) >= 11 is 1.47. The molecule has 1 unspecified atom stereocenters. The fraction of sp³-hybridized carbons (Fsp3) is 0.526. The van der Waals surface area contributed by atoms with E-state index in [1.54, 1.807) is 0 Å². The minimum absolute atomic E-state index is 0.242. The van der Waals surface area contributed by atoms with Crippen molar-refractivity contribution in [1.29, 1.82) is 0 Å².